The second-order valence-corrected chi connectivity index (χ2v) is 4.96. The van der Waals surface area contributed by atoms with Crippen molar-refractivity contribution in [2.24, 2.45) is 0 Å². The molecule has 3 aromatic rings. The summed E-state index contributed by atoms with van der Waals surface area (Å²) in [7, 11) is 3.75. The Morgan fingerprint density at radius 2 is 0.640 bits per heavy atom. The van der Waals surface area contributed by atoms with E-state index in [1.54, 1.807) is 0 Å². The van der Waals surface area contributed by atoms with Crippen molar-refractivity contribution < 1.29 is 38.6 Å². The molecule has 0 aliphatic carbocycles. The Morgan fingerprint density at radius 1 is 0.480 bits per heavy atom. The largest absolute Gasteiger partial charge is 3.00 e. The second kappa shape index (κ2) is 18.8. The minimum absolute atomic E-state index is 0. The van der Waals surface area contributed by atoms with Gasteiger partial charge in [0.1, 0.15) is 0 Å². The third-order valence-corrected chi connectivity index (χ3v) is 2.53. The van der Waals surface area contributed by atoms with Crippen molar-refractivity contribution >= 4 is 0 Å². The molecule has 0 saturated heterocycles. The van der Waals surface area contributed by atoms with Crippen LogP contribution in [0.5, 0.6) is 0 Å². The van der Waals surface area contributed by atoms with E-state index < -0.39 is 0 Å². The minimum atomic E-state index is 0. The van der Waals surface area contributed by atoms with Crippen LogP contribution in [-0.2, 0) is 0 Å². The van der Waals surface area contributed by atoms with Gasteiger partial charge in [0, 0.05) is 0 Å². The van der Waals surface area contributed by atoms with Crippen molar-refractivity contribution in [1.29, 1.82) is 0 Å². The van der Waals surface area contributed by atoms with E-state index in [1.807, 2.05) is 105 Å². The summed E-state index contributed by atoms with van der Waals surface area (Å²) in [5.41, 5.74) is 3.22. The molecule has 3 aromatic carbocycles. The first-order valence-corrected chi connectivity index (χ1v) is 7.79. The molecular formula is C23H28NTb. The number of hydrogen-bond donors (Lipinski definition) is 1. The predicted molar refractivity (Wildman–Crippen MR) is 108 cm³/mol. The zero-order valence-corrected chi connectivity index (χ0v) is 17.3. The van der Waals surface area contributed by atoms with Crippen LogP contribution in [0.15, 0.2) is 91.0 Å². The maximum absolute atomic E-state index is 3.72. The van der Waals surface area contributed by atoms with Crippen molar-refractivity contribution in [3.8, 4) is 0 Å². The maximum Gasteiger partial charge on any atom is 3.00 e. The van der Waals surface area contributed by atoms with E-state index >= 15 is 0 Å². The van der Waals surface area contributed by atoms with Crippen LogP contribution in [0.4, 0.5) is 0 Å². The quantitative estimate of drug-likeness (QED) is 0.425. The molecule has 0 spiro atoms. The molecule has 1 nitrogen and oxygen atoms in total. The van der Waals surface area contributed by atoms with Gasteiger partial charge in [0.2, 0.25) is 0 Å². The average molecular weight is 477 g/mol. The molecule has 1 N–H and O–H groups in total. The Hall–Kier alpha value is -1.48. The van der Waals surface area contributed by atoms with Crippen molar-refractivity contribution in [3.05, 3.63) is 128 Å². The molecule has 0 heterocycles. The van der Waals surface area contributed by atoms with Crippen LogP contribution in [-0.4, -0.2) is 14.1 Å². The van der Waals surface area contributed by atoms with Crippen molar-refractivity contribution in [2.75, 3.05) is 14.1 Å². The number of rotatable bonds is 0. The van der Waals surface area contributed by atoms with E-state index in [0.29, 0.717) is 0 Å². The first-order chi connectivity index (χ1) is 11.6. The van der Waals surface area contributed by atoms with Gasteiger partial charge in [0.25, 0.3) is 0 Å². The van der Waals surface area contributed by atoms with Gasteiger partial charge in [-0.3, -0.25) is 0 Å². The van der Waals surface area contributed by atoms with Gasteiger partial charge in [-0.15, -0.1) is 36.4 Å². The van der Waals surface area contributed by atoms with E-state index in [-0.39, 0.29) is 38.6 Å². The van der Waals surface area contributed by atoms with Crippen LogP contribution in [0.25, 0.3) is 0 Å². The first-order valence-electron chi connectivity index (χ1n) is 7.79. The molecule has 25 heavy (non-hydrogen) atoms. The first kappa shape index (κ1) is 25.8. The molecule has 0 aliphatic heterocycles. The van der Waals surface area contributed by atoms with Gasteiger partial charge in [-0.2, -0.15) is 73.9 Å². The maximum atomic E-state index is 3.72. The molecule has 0 atom stereocenters. The number of hydrogen-bond acceptors (Lipinski definition) is 1. The third kappa shape index (κ3) is 18.7. The monoisotopic (exact) mass is 477 g/mol. The molecule has 0 bridgehead atoms. The van der Waals surface area contributed by atoms with E-state index in [2.05, 4.69) is 26.1 Å². The summed E-state index contributed by atoms with van der Waals surface area (Å²) >= 11 is 0. The average Bonchev–Trinajstić information content (AvgIpc) is 2.59. The normalized spacial score (nSPS) is 7.92. The third-order valence-electron chi connectivity index (χ3n) is 2.53. The molecule has 0 aliphatic rings. The Labute approximate surface area is 185 Å². The van der Waals surface area contributed by atoms with E-state index in [4.69, 9.17) is 0 Å². The smallest absolute Gasteiger partial charge is 0.323 e. The zero-order valence-electron chi connectivity index (χ0n) is 15.1. The SMILES string of the molecule is CNC.[CH2-]c1ccccc1.[CH2-]c1ccccc1.[CH2-]c1ccccc1.[Tb+3]. The zero-order chi connectivity index (χ0) is 18.0. The topological polar surface area (TPSA) is 12.0 Å². The van der Waals surface area contributed by atoms with Crippen LogP contribution in [0, 0.1) is 59.4 Å². The van der Waals surface area contributed by atoms with Crippen LogP contribution in [0.3, 0.4) is 0 Å². The predicted octanol–water partition coefficient (Wildman–Crippen LogP) is 5.44. The van der Waals surface area contributed by atoms with Gasteiger partial charge in [-0.05, 0) is 14.1 Å². The summed E-state index contributed by atoms with van der Waals surface area (Å²) in [6.07, 6.45) is 0. The van der Waals surface area contributed by atoms with E-state index in [9.17, 15) is 0 Å². The van der Waals surface area contributed by atoms with Gasteiger partial charge < -0.3 is 5.32 Å². The fourth-order valence-corrected chi connectivity index (χ4v) is 1.43. The van der Waals surface area contributed by atoms with Gasteiger partial charge in [-0.1, -0.05) is 18.2 Å². The number of nitrogens with one attached hydrogen (secondary N) is 1. The molecule has 0 saturated carbocycles. The summed E-state index contributed by atoms with van der Waals surface area (Å²) in [6.45, 7) is 11.2. The van der Waals surface area contributed by atoms with Crippen LogP contribution >= 0.6 is 0 Å². The Kier molecular flexibility index (Phi) is 19.4. The molecule has 134 valence electrons. The molecule has 0 aromatic heterocycles. The van der Waals surface area contributed by atoms with Crippen molar-refractivity contribution in [2.45, 2.75) is 0 Å². The van der Waals surface area contributed by atoms with Gasteiger partial charge in [0.15, 0.2) is 0 Å². The van der Waals surface area contributed by atoms with Crippen molar-refractivity contribution in [3.63, 3.8) is 0 Å². The van der Waals surface area contributed by atoms with Crippen LogP contribution in [0.1, 0.15) is 16.7 Å². The molecule has 0 radical (unpaired) electrons. The molecule has 0 unspecified atom stereocenters. The van der Waals surface area contributed by atoms with Gasteiger partial charge in [-0.25, -0.2) is 0 Å². The van der Waals surface area contributed by atoms with Crippen LogP contribution in [0.2, 0.25) is 0 Å². The summed E-state index contributed by atoms with van der Waals surface area (Å²) in [5, 5.41) is 2.75. The molecule has 0 amide bonds. The second-order valence-electron chi connectivity index (χ2n) is 4.96. The fourth-order valence-electron chi connectivity index (χ4n) is 1.43. The summed E-state index contributed by atoms with van der Waals surface area (Å²) < 4.78 is 0. The summed E-state index contributed by atoms with van der Waals surface area (Å²) in [6, 6.07) is 29.6. The minimum Gasteiger partial charge on any atom is -0.323 e. The van der Waals surface area contributed by atoms with Gasteiger partial charge >= 0.3 is 38.6 Å². The summed E-state index contributed by atoms with van der Waals surface area (Å²) in [5.74, 6) is 0. The fraction of sp³-hybridized carbons (Fsp3) is 0.0870. The molecule has 2 heteroatoms. The van der Waals surface area contributed by atoms with E-state index in [1.165, 1.54) is 0 Å². The molecule has 3 rings (SSSR count). The standard InChI is InChI=1S/3C7H7.C2H7N.Tb/c3*1-7-5-3-2-4-6-7;1-3-2;/h3*2-6H,1H2;3H,1-2H3;/q3*-1;;+3. The van der Waals surface area contributed by atoms with Crippen molar-refractivity contribution in [1.82, 2.24) is 5.32 Å². The Balaban J connectivity index is 0. The molecule has 0 fully saturated rings. The Bertz CT molecular complexity index is 506. The van der Waals surface area contributed by atoms with E-state index in [0.717, 1.165) is 16.7 Å². The molecular weight excluding hydrogens is 449 g/mol. The van der Waals surface area contributed by atoms with Crippen LogP contribution < -0.4 is 5.32 Å². The summed E-state index contributed by atoms with van der Waals surface area (Å²) in [4.78, 5) is 0. The van der Waals surface area contributed by atoms with Gasteiger partial charge in [0.05, 0.1) is 0 Å². The number of benzene rings is 3. The Morgan fingerprint density at radius 3 is 0.720 bits per heavy atom.